The first-order valence-corrected chi connectivity index (χ1v) is 6.83. The molecule has 0 spiro atoms. The molecule has 1 N–H and O–H groups in total. The van der Waals surface area contributed by atoms with E-state index in [2.05, 4.69) is 11.4 Å². The van der Waals surface area contributed by atoms with Gasteiger partial charge in [-0.2, -0.15) is 0 Å². The van der Waals surface area contributed by atoms with Crippen molar-refractivity contribution < 1.29 is 4.79 Å². The molecule has 108 valence electrons. The Labute approximate surface area is 123 Å². The monoisotopic (exact) mass is 282 g/mol. The Morgan fingerprint density at radius 2 is 2.00 bits per heavy atom. The van der Waals surface area contributed by atoms with Crippen molar-refractivity contribution in [3.05, 3.63) is 36.0 Å². The molecule has 3 rings (SSSR count). The topological polar surface area (TPSA) is 51.9 Å². The number of Topliss-reactive ketones (excluding diaryl/α,β-unsaturated/α-hetero) is 1. The van der Waals surface area contributed by atoms with Gasteiger partial charge in [-0.3, -0.25) is 4.79 Å². The summed E-state index contributed by atoms with van der Waals surface area (Å²) >= 11 is 0. The summed E-state index contributed by atoms with van der Waals surface area (Å²) in [5, 5.41) is 3.13. The maximum atomic E-state index is 11.5. The standard InChI is InChI=1S/C16H18N4O/c1-10(21)11-5-6-14-13(7-11)18-16(20(14)4)15-8-12(17-2)9-19(15)3/h5-9,17H,1-4H3. The third kappa shape index (κ3) is 2.11. The quantitative estimate of drug-likeness (QED) is 0.752. The number of ketones is 1. The molecule has 0 saturated carbocycles. The largest absolute Gasteiger partial charge is 0.387 e. The van der Waals surface area contributed by atoms with Crippen LogP contribution in [0.15, 0.2) is 30.5 Å². The van der Waals surface area contributed by atoms with Crippen molar-refractivity contribution in [3.8, 4) is 11.5 Å². The number of fused-ring (bicyclic) bond motifs is 1. The van der Waals surface area contributed by atoms with Gasteiger partial charge in [-0.05, 0) is 31.2 Å². The molecule has 2 heterocycles. The van der Waals surface area contributed by atoms with Crippen LogP contribution in [0.1, 0.15) is 17.3 Å². The van der Waals surface area contributed by atoms with Gasteiger partial charge < -0.3 is 14.5 Å². The lowest BCUT2D eigenvalue weighted by molar-refractivity contribution is 0.101. The molecule has 0 saturated heterocycles. The Kier molecular flexibility index (Phi) is 3.05. The molecule has 0 atom stereocenters. The minimum Gasteiger partial charge on any atom is -0.387 e. The van der Waals surface area contributed by atoms with E-state index in [-0.39, 0.29) is 5.78 Å². The number of nitrogens with zero attached hydrogens (tertiary/aromatic N) is 3. The second-order valence-corrected chi connectivity index (χ2v) is 5.23. The molecule has 1 aromatic carbocycles. The molecular formula is C16H18N4O. The maximum Gasteiger partial charge on any atom is 0.159 e. The molecular weight excluding hydrogens is 264 g/mol. The molecule has 5 nitrogen and oxygen atoms in total. The molecule has 21 heavy (non-hydrogen) atoms. The predicted molar refractivity (Wildman–Crippen MR) is 84.7 cm³/mol. The van der Waals surface area contributed by atoms with Gasteiger partial charge in [0.05, 0.1) is 22.4 Å². The number of carbonyl (C=O) groups excluding carboxylic acids is 1. The lowest BCUT2D eigenvalue weighted by Gasteiger charge is -2.03. The fourth-order valence-corrected chi connectivity index (χ4v) is 2.57. The van der Waals surface area contributed by atoms with E-state index in [1.807, 2.05) is 54.7 Å². The zero-order valence-electron chi connectivity index (χ0n) is 12.6. The molecule has 3 aromatic rings. The van der Waals surface area contributed by atoms with Crippen molar-refractivity contribution in [2.75, 3.05) is 12.4 Å². The van der Waals surface area contributed by atoms with Gasteiger partial charge in [-0.1, -0.05) is 0 Å². The van der Waals surface area contributed by atoms with E-state index in [0.717, 1.165) is 28.2 Å². The summed E-state index contributed by atoms with van der Waals surface area (Å²) in [5.74, 6) is 0.940. The number of anilines is 1. The minimum absolute atomic E-state index is 0.0560. The average molecular weight is 282 g/mol. The van der Waals surface area contributed by atoms with Gasteiger partial charge in [0.2, 0.25) is 0 Å². The summed E-state index contributed by atoms with van der Waals surface area (Å²) in [6, 6.07) is 7.71. The van der Waals surface area contributed by atoms with Gasteiger partial charge >= 0.3 is 0 Å². The lowest BCUT2D eigenvalue weighted by Crippen LogP contribution is -1.97. The van der Waals surface area contributed by atoms with Crippen LogP contribution in [0.4, 0.5) is 5.69 Å². The summed E-state index contributed by atoms with van der Waals surface area (Å²) in [5.41, 5.74) is 4.62. The molecule has 0 aliphatic heterocycles. The second-order valence-electron chi connectivity index (χ2n) is 5.23. The van der Waals surface area contributed by atoms with Crippen LogP contribution in [0.5, 0.6) is 0 Å². The van der Waals surface area contributed by atoms with Crippen molar-refractivity contribution in [3.63, 3.8) is 0 Å². The zero-order valence-corrected chi connectivity index (χ0v) is 12.6. The van der Waals surface area contributed by atoms with E-state index in [9.17, 15) is 4.79 Å². The van der Waals surface area contributed by atoms with E-state index >= 15 is 0 Å². The number of aromatic nitrogens is 3. The third-order valence-corrected chi connectivity index (χ3v) is 3.81. The van der Waals surface area contributed by atoms with Crippen LogP contribution in [0.3, 0.4) is 0 Å². The Bertz CT molecular complexity index is 841. The smallest absolute Gasteiger partial charge is 0.159 e. The predicted octanol–water partition coefficient (Wildman–Crippen LogP) is 2.82. The summed E-state index contributed by atoms with van der Waals surface area (Å²) < 4.78 is 4.09. The average Bonchev–Trinajstić information content (AvgIpc) is 2.99. The van der Waals surface area contributed by atoms with Crippen molar-refractivity contribution >= 4 is 22.5 Å². The maximum absolute atomic E-state index is 11.5. The van der Waals surface area contributed by atoms with Crippen molar-refractivity contribution in [2.24, 2.45) is 14.1 Å². The third-order valence-electron chi connectivity index (χ3n) is 3.81. The normalized spacial score (nSPS) is 11.0. The van der Waals surface area contributed by atoms with Gasteiger partial charge in [-0.25, -0.2) is 4.98 Å². The fourth-order valence-electron chi connectivity index (χ4n) is 2.57. The molecule has 0 aliphatic carbocycles. The fraction of sp³-hybridized carbons (Fsp3) is 0.250. The van der Waals surface area contributed by atoms with Gasteiger partial charge in [0, 0.05) is 32.9 Å². The number of benzene rings is 1. The van der Waals surface area contributed by atoms with E-state index in [4.69, 9.17) is 4.98 Å². The van der Waals surface area contributed by atoms with E-state index in [1.165, 1.54) is 0 Å². The van der Waals surface area contributed by atoms with Crippen molar-refractivity contribution in [2.45, 2.75) is 6.92 Å². The number of nitrogens with one attached hydrogen (secondary N) is 1. The second kappa shape index (κ2) is 4.77. The van der Waals surface area contributed by atoms with Crippen molar-refractivity contribution in [1.82, 2.24) is 14.1 Å². The Balaban J connectivity index is 2.21. The molecule has 0 bridgehead atoms. The summed E-state index contributed by atoms with van der Waals surface area (Å²) in [7, 11) is 5.88. The van der Waals surface area contributed by atoms with Gasteiger partial charge in [-0.15, -0.1) is 0 Å². The minimum atomic E-state index is 0.0560. The van der Waals surface area contributed by atoms with Crippen LogP contribution in [0.2, 0.25) is 0 Å². The molecule has 0 amide bonds. The summed E-state index contributed by atoms with van der Waals surface area (Å²) in [4.78, 5) is 16.2. The number of hydrogen-bond acceptors (Lipinski definition) is 3. The molecule has 2 aromatic heterocycles. The van der Waals surface area contributed by atoms with E-state index < -0.39 is 0 Å². The van der Waals surface area contributed by atoms with E-state index in [1.54, 1.807) is 6.92 Å². The SMILES string of the molecule is CNc1cc(-c2nc3cc(C(C)=O)ccc3n2C)n(C)c1. The summed E-state index contributed by atoms with van der Waals surface area (Å²) in [6.45, 7) is 1.57. The highest BCUT2D eigenvalue weighted by Gasteiger charge is 2.14. The molecule has 0 aliphatic rings. The van der Waals surface area contributed by atoms with Crippen molar-refractivity contribution in [1.29, 1.82) is 0 Å². The number of aryl methyl sites for hydroxylation is 2. The van der Waals surface area contributed by atoms with Gasteiger partial charge in [0.1, 0.15) is 0 Å². The van der Waals surface area contributed by atoms with Crippen LogP contribution in [0, 0.1) is 0 Å². The first-order valence-electron chi connectivity index (χ1n) is 6.83. The molecule has 0 fully saturated rings. The molecule has 5 heteroatoms. The van der Waals surface area contributed by atoms with Crippen LogP contribution < -0.4 is 5.32 Å². The molecule has 0 radical (unpaired) electrons. The summed E-state index contributed by atoms with van der Waals surface area (Å²) in [6.07, 6.45) is 2.02. The first kappa shape index (κ1) is 13.4. The highest BCUT2D eigenvalue weighted by molar-refractivity contribution is 5.97. The number of carbonyl (C=O) groups is 1. The highest BCUT2D eigenvalue weighted by Crippen LogP contribution is 2.27. The Morgan fingerprint density at radius 3 is 2.62 bits per heavy atom. The van der Waals surface area contributed by atoms with Crippen LogP contribution in [-0.4, -0.2) is 26.9 Å². The Hall–Kier alpha value is -2.56. The molecule has 0 unspecified atom stereocenters. The highest BCUT2D eigenvalue weighted by atomic mass is 16.1. The lowest BCUT2D eigenvalue weighted by atomic mass is 10.1. The van der Waals surface area contributed by atoms with E-state index in [0.29, 0.717) is 5.56 Å². The number of imidazole rings is 1. The van der Waals surface area contributed by atoms with Gasteiger partial charge in [0.25, 0.3) is 0 Å². The van der Waals surface area contributed by atoms with Crippen LogP contribution >= 0.6 is 0 Å². The first-order chi connectivity index (χ1) is 10.0. The number of rotatable bonds is 3. The number of hydrogen-bond donors (Lipinski definition) is 1. The zero-order chi connectivity index (χ0) is 15.1. The van der Waals surface area contributed by atoms with Crippen LogP contribution in [0.25, 0.3) is 22.6 Å². The van der Waals surface area contributed by atoms with Crippen LogP contribution in [-0.2, 0) is 14.1 Å². The van der Waals surface area contributed by atoms with Gasteiger partial charge in [0.15, 0.2) is 11.6 Å². The Morgan fingerprint density at radius 1 is 1.24 bits per heavy atom.